The molecular weight excluding hydrogens is 348 g/mol. The van der Waals surface area contributed by atoms with E-state index in [9.17, 15) is 19.2 Å². The molecule has 0 spiro atoms. The summed E-state index contributed by atoms with van der Waals surface area (Å²) in [6.07, 6.45) is 0.178. The lowest BCUT2D eigenvalue weighted by Gasteiger charge is -2.17. The van der Waals surface area contributed by atoms with Crippen molar-refractivity contribution in [1.29, 1.82) is 0 Å². The average molecular weight is 366 g/mol. The highest BCUT2D eigenvalue weighted by molar-refractivity contribution is 7.14. The standard InChI is InChI=1S/C15H18N4O5S/c1-9(13(22)19-6-4-16-14(19)23)24-12(21)7-10-8-25-15(17-10)18-5-2-3-11(18)20/h8-9H,2-7H2,1H3,(H,16,23). The summed E-state index contributed by atoms with van der Waals surface area (Å²) in [6.45, 7) is 2.72. The predicted molar refractivity (Wildman–Crippen MR) is 88.1 cm³/mol. The first-order valence-corrected chi connectivity index (χ1v) is 8.87. The highest BCUT2D eigenvalue weighted by atomic mass is 32.1. The van der Waals surface area contributed by atoms with E-state index >= 15 is 0 Å². The smallest absolute Gasteiger partial charge is 0.324 e. The van der Waals surface area contributed by atoms with E-state index in [1.807, 2.05) is 0 Å². The highest BCUT2D eigenvalue weighted by Gasteiger charge is 2.31. The van der Waals surface area contributed by atoms with Gasteiger partial charge in [-0.2, -0.15) is 0 Å². The summed E-state index contributed by atoms with van der Waals surface area (Å²) in [5.74, 6) is -1.12. The fourth-order valence-electron chi connectivity index (χ4n) is 2.69. The van der Waals surface area contributed by atoms with Crippen LogP contribution in [0.3, 0.4) is 0 Å². The van der Waals surface area contributed by atoms with Crippen LogP contribution in [0, 0.1) is 0 Å². The molecule has 0 radical (unpaired) electrons. The molecule has 2 aliphatic rings. The Morgan fingerprint density at radius 2 is 2.20 bits per heavy atom. The number of urea groups is 1. The van der Waals surface area contributed by atoms with Crippen LogP contribution >= 0.6 is 11.3 Å². The maximum Gasteiger partial charge on any atom is 0.324 e. The molecule has 1 aromatic heterocycles. The molecule has 1 N–H and O–H groups in total. The number of nitrogens with one attached hydrogen (secondary N) is 1. The van der Waals surface area contributed by atoms with E-state index in [0.717, 1.165) is 11.3 Å². The lowest BCUT2D eigenvalue weighted by atomic mass is 10.3. The number of thiazole rings is 1. The van der Waals surface area contributed by atoms with Crippen LogP contribution in [0.2, 0.25) is 0 Å². The minimum atomic E-state index is -1.05. The number of hydrogen-bond donors (Lipinski definition) is 1. The quantitative estimate of drug-likeness (QED) is 0.751. The first-order chi connectivity index (χ1) is 12.0. The molecule has 4 amide bonds. The number of esters is 1. The lowest BCUT2D eigenvalue weighted by Crippen LogP contribution is -2.42. The Bertz CT molecular complexity index is 719. The van der Waals surface area contributed by atoms with Gasteiger partial charge in [0.15, 0.2) is 11.2 Å². The summed E-state index contributed by atoms with van der Waals surface area (Å²) in [5, 5.41) is 4.79. The second-order valence-electron chi connectivity index (χ2n) is 5.80. The Labute approximate surface area is 147 Å². The van der Waals surface area contributed by atoms with Crippen molar-refractivity contribution in [3.63, 3.8) is 0 Å². The Balaban J connectivity index is 1.54. The number of carbonyl (C=O) groups is 4. The summed E-state index contributed by atoms with van der Waals surface area (Å²) in [7, 11) is 0. The molecule has 10 heteroatoms. The SMILES string of the molecule is CC(OC(=O)Cc1csc(N2CCCC2=O)n1)C(=O)N1CCNC1=O. The van der Waals surface area contributed by atoms with E-state index < -0.39 is 24.0 Å². The van der Waals surface area contributed by atoms with Gasteiger partial charge in [0.2, 0.25) is 5.91 Å². The number of carbonyl (C=O) groups excluding carboxylic acids is 4. The van der Waals surface area contributed by atoms with E-state index in [2.05, 4.69) is 10.3 Å². The van der Waals surface area contributed by atoms with Crippen molar-refractivity contribution in [2.24, 2.45) is 0 Å². The molecule has 1 atom stereocenters. The van der Waals surface area contributed by atoms with Crippen molar-refractivity contribution in [2.45, 2.75) is 32.3 Å². The number of ether oxygens (including phenoxy) is 1. The molecule has 0 saturated carbocycles. The third-order valence-electron chi connectivity index (χ3n) is 3.95. The maximum absolute atomic E-state index is 12.1. The molecule has 2 fully saturated rings. The molecule has 25 heavy (non-hydrogen) atoms. The van der Waals surface area contributed by atoms with Gasteiger partial charge in [0.05, 0.1) is 12.1 Å². The zero-order valence-electron chi connectivity index (χ0n) is 13.7. The van der Waals surface area contributed by atoms with Gasteiger partial charge in [0.1, 0.15) is 0 Å². The molecule has 2 saturated heterocycles. The van der Waals surface area contributed by atoms with Gasteiger partial charge in [0.25, 0.3) is 5.91 Å². The van der Waals surface area contributed by atoms with Crippen molar-refractivity contribution in [3.8, 4) is 0 Å². The Kier molecular flexibility index (Phi) is 4.98. The largest absolute Gasteiger partial charge is 0.452 e. The van der Waals surface area contributed by atoms with Gasteiger partial charge in [0, 0.05) is 31.4 Å². The number of nitrogens with zero attached hydrogens (tertiary/aromatic N) is 3. The van der Waals surface area contributed by atoms with Crippen molar-refractivity contribution >= 4 is 40.3 Å². The average Bonchev–Trinajstić information content (AvgIpc) is 3.28. The van der Waals surface area contributed by atoms with E-state index in [-0.39, 0.29) is 18.9 Å². The number of anilines is 1. The monoisotopic (exact) mass is 366 g/mol. The van der Waals surface area contributed by atoms with Gasteiger partial charge in [-0.3, -0.25) is 24.2 Å². The first kappa shape index (κ1) is 17.3. The first-order valence-electron chi connectivity index (χ1n) is 7.99. The molecular formula is C15H18N4O5S. The fourth-order valence-corrected chi connectivity index (χ4v) is 3.56. The van der Waals surface area contributed by atoms with Crippen LogP contribution in [0.15, 0.2) is 5.38 Å². The van der Waals surface area contributed by atoms with Crippen LogP contribution in [-0.2, 0) is 25.5 Å². The summed E-state index contributed by atoms with van der Waals surface area (Å²) in [4.78, 5) is 54.2. The van der Waals surface area contributed by atoms with Gasteiger partial charge in [-0.1, -0.05) is 0 Å². The van der Waals surface area contributed by atoms with Crippen LogP contribution in [-0.4, -0.2) is 59.4 Å². The summed E-state index contributed by atoms with van der Waals surface area (Å²) >= 11 is 1.30. The van der Waals surface area contributed by atoms with E-state index in [0.29, 0.717) is 30.3 Å². The van der Waals surface area contributed by atoms with E-state index in [1.165, 1.54) is 18.3 Å². The molecule has 2 aliphatic heterocycles. The summed E-state index contributed by atoms with van der Waals surface area (Å²) in [6, 6.07) is -0.479. The third kappa shape index (κ3) is 3.78. The van der Waals surface area contributed by atoms with E-state index in [1.54, 1.807) is 10.3 Å². The normalized spacial score (nSPS) is 18.4. The van der Waals surface area contributed by atoms with Gasteiger partial charge >= 0.3 is 12.0 Å². The molecule has 1 unspecified atom stereocenters. The second kappa shape index (κ2) is 7.18. The van der Waals surface area contributed by atoms with Crippen LogP contribution < -0.4 is 10.2 Å². The number of rotatable bonds is 5. The number of imide groups is 1. The molecule has 134 valence electrons. The number of hydrogen-bond acceptors (Lipinski definition) is 7. The molecule has 9 nitrogen and oxygen atoms in total. The zero-order valence-corrected chi connectivity index (χ0v) is 14.5. The molecule has 0 aromatic carbocycles. The van der Waals surface area contributed by atoms with Gasteiger partial charge in [-0.15, -0.1) is 11.3 Å². The Hall–Kier alpha value is -2.49. The molecule has 3 rings (SSSR count). The van der Waals surface area contributed by atoms with Crippen molar-refractivity contribution < 1.29 is 23.9 Å². The zero-order chi connectivity index (χ0) is 18.0. The van der Waals surface area contributed by atoms with Gasteiger partial charge in [-0.25, -0.2) is 9.78 Å². The number of aromatic nitrogens is 1. The molecule has 3 heterocycles. The van der Waals surface area contributed by atoms with Crippen LogP contribution in [0.25, 0.3) is 0 Å². The van der Waals surface area contributed by atoms with Crippen LogP contribution in [0.1, 0.15) is 25.5 Å². The predicted octanol–water partition coefficient (Wildman–Crippen LogP) is 0.296. The van der Waals surface area contributed by atoms with Crippen LogP contribution in [0.5, 0.6) is 0 Å². The van der Waals surface area contributed by atoms with Gasteiger partial charge in [-0.05, 0) is 13.3 Å². The minimum Gasteiger partial charge on any atom is -0.452 e. The molecule has 0 bridgehead atoms. The van der Waals surface area contributed by atoms with Crippen molar-refractivity contribution in [1.82, 2.24) is 15.2 Å². The lowest BCUT2D eigenvalue weighted by molar-refractivity contribution is -0.156. The topological polar surface area (TPSA) is 109 Å². The Morgan fingerprint density at radius 3 is 2.84 bits per heavy atom. The second-order valence-corrected chi connectivity index (χ2v) is 6.64. The molecule has 0 aliphatic carbocycles. The van der Waals surface area contributed by atoms with Crippen molar-refractivity contribution in [3.05, 3.63) is 11.1 Å². The maximum atomic E-state index is 12.1. The third-order valence-corrected chi connectivity index (χ3v) is 4.86. The molecule has 1 aromatic rings. The minimum absolute atomic E-state index is 0.0339. The van der Waals surface area contributed by atoms with Crippen molar-refractivity contribution in [2.75, 3.05) is 24.5 Å². The number of amides is 4. The summed E-state index contributed by atoms with van der Waals surface area (Å²) in [5.41, 5.74) is 0.489. The Morgan fingerprint density at radius 1 is 1.40 bits per heavy atom. The summed E-state index contributed by atoms with van der Waals surface area (Å²) < 4.78 is 5.11. The fraction of sp³-hybridized carbons (Fsp3) is 0.533. The van der Waals surface area contributed by atoms with Crippen LogP contribution in [0.4, 0.5) is 9.93 Å². The van der Waals surface area contributed by atoms with Gasteiger partial charge < -0.3 is 10.1 Å². The van der Waals surface area contributed by atoms with E-state index in [4.69, 9.17) is 4.74 Å². The highest BCUT2D eigenvalue weighted by Crippen LogP contribution is 2.25.